The topological polar surface area (TPSA) is 64.2 Å². The number of aromatic nitrogens is 2. The zero-order chi connectivity index (χ0) is 19.3. The average Bonchev–Trinajstić information content (AvgIpc) is 3.40. The Labute approximate surface area is 165 Å². The zero-order valence-corrected chi connectivity index (χ0v) is 15.9. The fourth-order valence-electron chi connectivity index (χ4n) is 4.01. The lowest BCUT2D eigenvalue weighted by molar-refractivity contribution is -0.130. The molecule has 0 spiro atoms. The van der Waals surface area contributed by atoms with Crippen molar-refractivity contribution in [2.45, 2.75) is 18.8 Å². The SMILES string of the molecule is NC[C@@H]1CN(C(=O)CCc2cnn(-c3ccccc3)c2)C[C@H]1c1ccccc1. The number of benzene rings is 2. The Morgan fingerprint density at radius 1 is 1.04 bits per heavy atom. The highest BCUT2D eigenvalue weighted by molar-refractivity contribution is 5.77. The van der Waals surface area contributed by atoms with Crippen LogP contribution < -0.4 is 5.73 Å². The lowest BCUT2D eigenvalue weighted by atomic mass is 9.89. The van der Waals surface area contributed by atoms with Crippen LogP contribution in [0.5, 0.6) is 0 Å². The quantitative estimate of drug-likeness (QED) is 0.721. The number of carbonyl (C=O) groups excluding carboxylic acids is 1. The number of aryl methyl sites for hydroxylation is 1. The van der Waals surface area contributed by atoms with Gasteiger partial charge in [-0.2, -0.15) is 5.10 Å². The van der Waals surface area contributed by atoms with E-state index in [0.717, 1.165) is 24.3 Å². The van der Waals surface area contributed by atoms with Crippen molar-refractivity contribution in [2.24, 2.45) is 11.7 Å². The van der Waals surface area contributed by atoms with Crippen molar-refractivity contribution in [1.29, 1.82) is 0 Å². The maximum atomic E-state index is 12.8. The minimum Gasteiger partial charge on any atom is -0.342 e. The molecule has 1 amide bonds. The summed E-state index contributed by atoms with van der Waals surface area (Å²) in [6, 6.07) is 20.4. The number of hydrogen-bond donors (Lipinski definition) is 1. The smallest absolute Gasteiger partial charge is 0.222 e. The van der Waals surface area contributed by atoms with E-state index in [-0.39, 0.29) is 5.91 Å². The van der Waals surface area contributed by atoms with Crippen LogP contribution in [-0.4, -0.2) is 40.2 Å². The maximum absolute atomic E-state index is 12.8. The van der Waals surface area contributed by atoms with Crippen molar-refractivity contribution in [3.8, 4) is 5.69 Å². The number of amides is 1. The molecule has 1 saturated heterocycles. The number of rotatable bonds is 6. The van der Waals surface area contributed by atoms with Crippen molar-refractivity contribution in [3.63, 3.8) is 0 Å². The molecule has 1 aromatic heterocycles. The van der Waals surface area contributed by atoms with Gasteiger partial charge in [0.05, 0.1) is 11.9 Å². The molecule has 4 rings (SSSR count). The monoisotopic (exact) mass is 374 g/mol. The molecular formula is C23H26N4O. The van der Waals surface area contributed by atoms with E-state index in [4.69, 9.17) is 5.73 Å². The molecule has 2 aromatic carbocycles. The van der Waals surface area contributed by atoms with Crippen LogP contribution in [0.15, 0.2) is 73.1 Å². The van der Waals surface area contributed by atoms with Crippen LogP contribution in [0, 0.1) is 5.92 Å². The van der Waals surface area contributed by atoms with Gasteiger partial charge in [0.1, 0.15) is 0 Å². The molecule has 0 radical (unpaired) electrons. The van der Waals surface area contributed by atoms with Gasteiger partial charge in [-0.1, -0.05) is 48.5 Å². The Hall–Kier alpha value is -2.92. The molecule has 0 bridgehead atoms. The highest BCUT2D eigenvalue weighted by Crippen LogP contribution is 2.32. The Morgan fingerprint density at radius 2 is 1.75 bits per heavy atom. The first-order valence-corrected chi connectivity index (χ1v) is 9.86. The van der Waals surface area contributed by atoms with Crippen LogP contribution in [-0.2, 0) is 11.2 Å². The van der Waals surface area contributed by atoms with Gasteiger partial charge in [-0.25, -0.2) is 4.68 Å². The van der Waals surface area contributed by atoms with Gasteiger partial charge in [-0.15, -0.1) is 0 Å². The van der Waals surface area contributed by atoms with Crippen LogP contribution >= 0.6 is 0 Å². The first kappa shape index (κ1) is 18.4. The number of carbonyl (C=O) groups is 1. The van der Waals surface area contributed by atoms with Gasteiger partial charge in [-0.05, 0) is 42.1 Å². The third-order valence-electron chi connectivity index (χ3n) is 5.61. The molecule has 2 heterocycles. The third kappa shape index (κ3) is 3.99. The molecule has 5 nitrogen and oxygen atoms in total. The standard InChI is InChI=1S/C23H26N4O/c24-13-20-16-26(17-22(20)19-7-3-1-4-8-19)23(28)12-11-18-14-25-27(15-18)21-9-5-2-6-10-21/h1-10,14-15,20,22H,11-13,16-17,24H2/t20-,22+/m1/s1. The van der Waals surface area contributed by atoms with Gasteiger partial charge in [-0.3, -0.25) is 4.79 Å². The van der Waals surface area contributed by atoms with Crippen LogP contribution in [0.1, 0.15) is 23.5 Å². The summed E-state index contributed by atoms with van der Waals surface area (Å²) in [6.45, 7) is 2.11. The van der Waals surface area contributed by atoms with E-state index >= 15 is 0 Å². The van der Waals surface area contributed by atoms with Crippen molar-refractivity contribution in [3.05, 3.63) is 84.2 Å². The van der Waals surface area contributed by atoms with Gasteiger partial charge in [0, 0.05) is 31.6 Å². The normalized spacial score (nSPS) is 19.1. The molecule has 2 atom stereocenters. The number of nitrogens with zero attached hydrogens (tertiary/aromatic N) is 3. The van der Waals surface area contributed by atoms with Crippen LogP contribution in [0.25, 0.3) is 5.69 Å². The van der Waals surface area contributed by atoms with E-state index < -0.39 is 0 Å². The lowest BCUT2D eigenvalue weighted by Gasteiger charge is -2.16. The molecular weight excluding hydrogens is 348 g/mol. The van der Waals surface area contributed by atoms with E-state index in [2.05, 4.69) is 29.4 Å². The third-order valence-corrected chi connectivity index (χ3v) is 5.61. The molecule has 1 aliphatic heterocycles. The summed E-state index contributed by atoms with van der Waals surface area (Å²) in [7, 11) is 0. The highest BCUT2D eigenvalue weighted by Gasteiger charge is 2.34. The summed E-state index contributed by atoms with van der Waals surface area (Å²) in [5, 5.41) is 4.41. The predicted molar refractivity (Wildman–Crippen MR) is 110 cm³/mol. The second-order valence-corrected chi connectivity index (χ2v) is 7.44. The predicted octanol–water partition coefficient (Wildman–Crippen LogP) is 3.01. The van der Waals surface area contributed by atoms with Gasteiger partial charge >= 0.3 is 0 Å². The summed E-state index contributed by atoms with van der Waals surface area (Å²) in [6.07, 6.45) is 5.05. The molecule has 0 aliphatic carbocycles. The first-order chi connectivity index (χ1) is 13.7. The molecule has 1 aliphatic rings. The number of hydrogen-bond acceptors (Lipinski definition) is 3. The van der Waals surface area contributed by atoms with Crippen LogP contribution in [0.2, 0.25) is 0 Å². The van der Waals surface area contributed by atoms with E-state index in [9.17, 15) is 4.79 Å². The largest absolute Gasteiger partial charge is 0.342 e. The molecule has 2 N–H and O–H groups in total. The van der Waals surface area contributed by atoms with Crippen molar-refractivity contribution < 1.29 is 4.79 Å². The number of likely N-dealkylation sites (tertiary alicyclic amines) is 1. The minimum atomic E-state index is 0.198. The Balaban J connectivity index is 1.36. The average molecular weight is 374 g/mol. The Bertz CT molecular complexity index is 907. The van der Waals surface area contributed by atoms with E-state index in [1.54, 1.807) is 0 Å². The van der Waals surface area contributed by atoms with Crippen molar-refractivity contribution in [1.82, 2.24) is 14.7 Å². The molecule has 28 heavy (non-hydrogen) atoms. The van der Waals surface area contributed by atoms with Crippen molar-refractivity contribution >= 4 is 5.91 Å². The summed E-state index contributed by atoms with van der Waals surface area (Å²) in [4.78, 5) is 14.8. The van der Waals surface area contributed by atoms with Gasteiger partial charge in [0.25, 0.3) is 0 Å². The summed E-state index contributed by atoms with van der Waals surface area (Å²) in [5.41, 5.74) is 9.37. The molecule has 0 saturated carbocycles. The van der Waals surface area contributed by atoms with Crippen molar-refractivity contribution in [2.75, 3.05) is 19.6 Å². The van der Waals surface area contributed by atoms with E-state index in [0.29, 0.717) is 31.2 Å². The number of para-hydroxylation sites is 1. The van der Waals surface area contributed by atoms with E-state index in [1.165, 1.54) is 5.56 Å². The number of nitrogens with two attached hydrogens (primary N) is 1. The maximum Gasteiger partial charge on any atom is 0.222 e. The fraction of sp³-hybridized carbons (Fsp3) is 0.304. The van der Waals surface area contributed by atoms with E-state index in [1.807, 2.05) is 58.4 Å². The van der Waals surface area contributed by atoms with Gasteiger partial charge in [0.2, 0.25) is 5.91 Å². The fourth-order valence-corrected chi connectivity index (χ4v) is 4.01. The minimum absolute atomic E-state index is 0.198. The second-order valence-electron chi connectivity index (χ2n) is 7.44. The molecule has 3 aromatic rings. The summed E-state index contributed by atoms with van der Waals surface area (Å²) < 4.78 is 1.85. The molecule has 144 valence electrons. The van der Waals surface area contributed by atoms with Crippen LogP contribution in [0.4, 0.5) is 0 Å². The molecule has 1 fully saturated rings. The summed E-state index contributed by atoms with van der Waals surface area (Å²) >= 11 is 0. The molecule has 0 unspecified atom stereocenters. The lowest BCUT2D eigenvalue weighted by Crippen LogP contribution is -2.30. The molecule has 5 heteroatoms. The second kappa shape index (κ2) is 8.40. The van der Waals surface area contributed by atoms with Gasteiger partial charge in [0.15, 0.2) is 0 Å². The Morgan fingerprint density at radius 3 is 2.46 bits per heavy atom. The van der Waals surface area contributed by atoms with Crippen LogP contribution in [0.3, 0.4) is 0 Å². The Kier molecular flexibility index (Phi) is 5.53. The van der Waals surface area contributed by atoms with Gasteiger partial charge < -0.3 is 10.6 Å². The summed E-state index contributed by atoms with van der Waals surface area (Å²) in [5.74, 6) is 0.854. The zero-order valence-electron chi connectivity index (χ0n) is 15.9. The highest BCUT2D eigenvalue weighted by atomic mass is 16.2. The first-order valence-electron chi connectivity index (χ1n) is 9.86.